The summed E-state index contributed by atoms with van der Waals surface area (Å²) in [4.78, 5) is 15.5. The van der Waals surface area contributed by atoms with Crippen molar-refractivity contribution in [3.05, 3.63) is 24.0 Å². The molecule has 78 valence electrons. The molecule has 4 nitrogen and oxygen atoms in total. The third kappa shape index (κ3) is 2.99. The molecule has 0 unspecified atom stereocenters. The number of nitrogens with two attached hydrogens (primary N) is 1. The van der Waals surface area contributed by atoms with Crippen molar-refractivity contribution in [3.63, 3.8) is 0 Å². The summed E-state index contributed by atoms with van der Waals surface area (Å²) in [6.07, 6.45) is 6.68. The normalized spacial score (nSPS) is 10.5. The zero-order chi connectivity index (χ0) is 11.5. The Morgan fingerprint density at radius 1 is 1.60 bits per heavy atom. The van der Waals surface area contributed by atoms with E-state index in [0.29, 0.717) is 11.4 Å². The quantitative estimate of drug-likeness (QED) is 0.699. The number of aromatic nitrogens is 1. The monoisotopic (exact) mass is 203 g/mol. The lowest BCUT2D eigenvalue weighted by molar-refractivity contribution is 0.0925. The number of carbonyl (C=O) groups excluding carboxylic acids is 1. The molecule has 0 aromatic carbocycles. The Hall–Kier alpha value is -2.02. The first-order valence-electron chi connectivity index (χ1n) is 4.46. The second kappa shape index (κ2) is 4.01. The van der Waals surface area contributed by atoms with Gasteiger partial charge in [-0.05, 0) is 26.0 Å². The number of carbonyl (C=O) groups is 1. The minimum absolute atomic E-state index is 0.299. The lowest BCUT2D eigenvalue weighted by atomic mass is 10.1. The van der Waals surface area contributed by atoms with Gasteiger partial charge in [0.25, 0.3) is 5.91 Å². The van der Waals surface area contributed by atoms with Crippen LogP contribution in [0.15, 0.2) is 18.3 Å². The molecule has 0 bridgehead atoms. The van der Waals surface area contributed by atoms with Gasteiger partial charge in [-0.3, -0.25) is 4.79 Å². The number of pyridine rings is 1. The zero-order valence-electron chi connectivity index (χ0n) is 8.74. The Morgan fingerprint density at radius 2 is 2.27 bits per heavy atom. The molecule has 0 aliphatic rings. The molecule has 1 aromatic heterocycles. The molecule has 0 atom stereocenters. The van der Waals surface area contributed by atoms with E-state index < -0.39 is 5.54 Å². The van der Waals surface area contributed by atoms with Gasteiger partial charge in [0.2, 0.25) is 0 Å². The Balaban J connectivity index is 2.79. The highest BCUT2D eigenvalue weighted by atomic mass is 16.2. The van der Waals surface area contributed by atoms with Crippen molar-refractivity contribution in [1.29, 1.82) is 0 Å². The number of nitrogens with zero attached hydrogens (tertiary/aromatic N) is 1. The molecule has 1 rings (SSSR count). The van der Waals surface area contributed by atoms with Gasteiger partial charge in [0, 0.05) is 0 Å². The second-order valence-corrected chi connectivity index (χ2v) is 3.70. The van der Waals surface area contributed by atoms with Gasteiger partial charge >= 0.3 is 0 Å². The molecular formula is C11H13N3O. The van der Waals surface area contributed by atoms with Crippen molar-refractivity contribution >= 4 is 11.6 Å². The number of anilines is 1. The van der Waals surface area contributed by atoms with Crippen LogP contribution in [0, 0.1) is 12.3 Å². The maximum atomic E-state index is 11.6. The van der Waals surface area contributed by atoms with Gasteiger partial charge in [-0.25, -0.2) is 4.98 Å². The molecule has 1 heterocycles. The maximum absolute atomic E-state index is 11.6. The first-order chi connectivity index (χ1) is 6.94. The highest BCUT2D eigenvalue weighted by Gasteiger charge is 2.18. The zero-order valence-corrected chi connectivity index (χ0v) is 8.74. The first kappa shape index (κ1) is 11.1. The van der Waals surface area contributed by atoms with E-state index in [4.69, 9.17) is 12.2 Å². The first-order valence-corrected chi connectivity index (χ1v) is 4.46. The van der Waals surface area contributed by atoms with Crippen LogP contribution in [0.25, 0.3) is 0 Å². The molecule has 15 heavy (non-hydrogen) atoms. The lowest BCUT2D eigenvalue weighted by Crippen LogP contribution is -2.42. The number of amides is 1. The SMILES string of the molecule is C#CC(C)(C)NC(=O)c1ccc(N)cn1. The van der Waals surface area contributed by atoms with E-state index in [1.165, 1.54) is 6.20 Å². The molecule has 1 amide bonds. The third-order valence-corrected chi connectivity index (χ3v) is 1.81. The fourth-order valence-corrected chi connectivity index (χ4v) is 0.924. The van der Waals surface area contributed by atoms with Crippen LogP contribution in [-0.2, 0) is 0 Å². The number of nitrogens with one attached hydrogen (secondary N) is 1. The van der Waals surface area contributed by atoms with E-state index in [1.54, 1.807) is 26.0 Å². The third-order valence-electron chi connectivity index (χ3n) is 1.81. The predicted octanol–water partition coefficient (Wildman–Crippen LogP) is 0.805. The Labute approximate surface area is 88.9 Å². The molecule has 0 aliphatic carbocycles. The van der Waals surface area contributed by atoms with Crippen LogP contribution in [0.5, 0.6) is 0 Å². The van der Waals surface area contributed by atoms with E-state index in [-0.39, 0.29) is 5.91 Å². The number of terminal acetylenes is 1. The minimum Gasteiger partial charge on any atom is -0.397 e. The van der Waals surface area contributed by atoms with E-state index in [1.807, 2.05) is 0 Å². The highest BCUT2D eigenvalue weighted by molar-refractivity contribution is 5.93. The van der Waals surface area contributed by atoms with Crippen molar-refractivity contribution in [2.45, 2.75) is 19.4 Å². The summed E-state index contributed by atoms with van der Waals surface area (Å²) < 4.78 is 0. The molecule has 4 heteroatoms. The van der Waals surface area contributed by atoms with E-state index in [0.717, 1.165) is 0 Å². The molecule has 0 aliphatic heterocycles. The summed E-state index contributed by atoms with van der Waals surface area (Å²) in [5.41, 5.74) is 5.59. The van der Waals surface area contributed by atoms with Gasteiger partial charge < -0.3 is 11.1 Å². The molecule has 1 aromatic rings. The van der Waals surface area contributed by atoms with Crippen LogP contribution in [0.3, 0.4) is 0 Å². The molecule has 0 saturated heterocycles. The predicted molar refractivity (Wildman–Crippen MR) is 59.0 cm³/mol. The van der Waals surface area contributed by atoms with E-state index in [9.17, 15) is 4.79 Å². The molecule has 0 fully saturated rings. The van der Waals surface area contributed by atoms with Crippen molar-refractivity contribution in [2.75, 3.05) is 5.73 Å². The van der Waals surface area contributed by atoms with Gasteiger partial charge in [-0.2, -0.15) is 0 Å². The summed E-state index contributed by atoms with van der Waals surface area (Å²) >= 11 is 0. The molecule has 0 radical (unpaired) electrons. The summed E-state index contributed by atoms with van der Waals surface area (Å²) in [7, 11) is 0. The maximum Gasteiger partial charge on any atom is 0.271 e. The van der Waals surface area contributed by atoms with E-state index in [2.05, 4.69) is 16.2 Å². The van der Waals surface area contributed by atoms with Crippen molar-refractivity contribution < 1.29 is 4.79 Å². The Kier molecular flexibility index (Phi) is 2.96. The number of hydrogen-bond acceptors (Lipinski definition) is 3. The van der Waals surface area contributed by atoms with Crippen LogP contribution in [0.4, 0.5) is 5.69 Å². The largest absolute Gasteiger partial charge is 0.397 e. The number of hydrogen-bond donors (Lipinski definition) is 2. The van der Waals surface area contributed by atoms with Crippen molar-refractivity contribution in [2.24, 2.45) is 0 Å². The Bertz CT molecular complexity index is 401. The van der Waals surface area contributed by atoms with Crippen LogP contribution >= 0.6 is 0 Å². The van der Waals surface area contributed by atoms with Crippen molar-refractivity contribution in [3.8, 4) is 12.3 Å². The van der Waals surface area contributed by atoms with Gasteiger partial charge in [0.1, 0.15) is 5.69 Å². The average molecular weight is 203 g/mol. The summed E-state index contributed by atoms with van der Waals surface area (Å²) in [6.45, 7) is 3.48. The number of nitrogen functional groups attached to an aromatic ring is 1. The molecule has 3 N–H and O–H groups in total. The summed E-state index contributed by atoms with van der Waals surface area (Å²) in [5, 5.41) is 2.66. The van der Waals surface area contributed by atoms with Crippen LogP contribution in [-0.4, -0.2) is 16.4 Å². The van der Waals surface area contributed by atoms with Gasteiger partial charge in [0.05, 0.1) is 17.4 Å². The summed E-state index contributed by atoms with van der Waals surface area (Å²) in [6, 6.07) is 3.17. The standard InChI is InChI=1S/C11H13N3O/c1-4-11(2,3)14-10(15)9-6-5-8(12)7-13-9/h1,5-7H,12H2,2-3H3,(H,14,15). The smallest absolute Gasteiger partial charge is 0.271 e. The van der Waals surface area contributed by atoms with Crippen LogP contribution in [0.2, 0.25) is 0 Å². The lowest BCUT2D eigenvalue weighted by Gasteiger charge is -2.18. The van der Waals surface area contributed by atoms with Gasteiger partial charge in [-0.1, -0.05) is 5.92 Å². The topological polar surface area (TPSA) is 68.0 Å². The van der Waals surface area contributed by atoms with Gasteiger partial charge in [0.15, 0.2) is 0 Å². The highest BCUT2D eigenvalue weighted by Crippen LogP contribution is 2.04. The van der Waals surface area contributed by atoms with Gasteiger partial charge in [-0.15, -0.1) is 6.42 Å². The molecule has 0 spiro atoms. The van der Waals surface area contributed by atoms with Crippen LogP contribution < -0.4 is 11.1 Å². The molecular weight excluding hydrogens is 190 g/mol. The van der Waals surface area contributed by atoms with Crippen molar-refractivity contribution in [1.82, 2.24) is 10.3 Å². The van der Waals surface area contributed by atoms with Crippen LogP contribution in [0.1, 0.15) is 24.3 Å². The fourth-order valence-electron chi connectivity index (χ4n) is 0.924. The summed E-state index contributed by atoms with van der Waals surface area (Å²) in [5.74, 6) is 2.16. The Morgan fingerprint density at radius 3 is 2.73 bits per heavy atom. The minimum atomic E-state index is -0.680. The van der Waals surface area contributed by atoms with E-state index >= 15 is 0 Å². The fraction of sp³-hybridized carbons (Fsp3) is 0.273. The average Bonchev–Trinajstić information content (AvgIpc) is 2.18. The molecule has 0 saturated carbocycles. The number of rotatable bonds is 2. The second-order valence-electron chi connectivity index (χ2n) is 3.70.